The first kappa shape index (κ1) is 12.9. The van der Waals surface area contributed by atoms with E-state index >= 15 is 0 Å². The number of hydrogen-bond acceptors (Lipinski definition) is 4. The summed E-state index contributed by atoms with van der Waals surface area (Å²) in [4.78, 5) is 0. The minimum atomic E-state index is -1.25. The van der Waals surface area contributed by atoms with Crippen molar-refractivity contribution >= 4 is 5.69 Å². The number of hydrogen-bond donors (Lipinski definition) is 4. The third-order valence-corrected chi connectivity index (χ3v) is 2.39. The summed E-state index contributed by atoms with van der Waals surface area (Å²) in [6, 6.07) is 3.92. The molecule has 0 spiro atoms. The van der Waals surface area contributed by atoms with Gasteiger partial charge < -0.3 is 21.3 Å². The molecule has 2 unspecified atom stereocenters. The summed E-state index contributed by atoms with van der Waals surface area (Å²) in [5.41, 5.74) is 5.88. The summed E-state index contributed by atoms with van der Waals surface area (Å²) in [6.07, 6.45) is -1.92. The number of benzene rings is 1. The number of nitrogens with two attached hydrogens (primary N) is 1. The van der Waals surface area contributed by atoms with E-state index in [-0.39, 0.29) is 5.56 Å². The number of aliphatic hydroxyl groups is 2. The highest BCUT2D eigenvalue weighted by Crippen LogP contribution is 2.23. The van der Waals surface area contributed by atoms with Crippen molar-refractivity contribution in [3.8, 4) is 0 Å². The molecule has 0 amide bonds. The first-order chi connectivity index (χ1) is 7.56. The van der Waals surface area contributed by atoms with Crippen LogP contribution >= 0.6 is 0 Å². The van der Waals surface area contributed by atoms with E-state index in [2.05, 4.69) is 5.32 Å². The van der Waals surface area contributed by atoms with Gasteiger partial charge in [-0.25, -0.2) is 4.39 Å². The Morgan fingerprint density at radius 2 is 2.12 bits per heavy atom. The summed E-state index contributed by atoms with van der Waals surface area (Å²) in [7, 11) is 1.74. The van der Waals surface area contributed by atoms with Crippen LogP contribution in [0.3, 0.4) is 0 Å². The zero-order valence-corrected chi connectivity index (χ0v) is 9.15. The van der Waals surface area contributed by atoms with Crippen LogP contribution in [-0.4, -0.2) is 29.9 Å². The second-order valence-corrected chi connectivity index (χ2v) is 3.69. The largest absolute Gasteiger partial charge is 0.399 e. The van der Waals surface area contributed by atoms with Crippen LogP contribution < -0.4 is 11.1 Å². The molecule has 0 fully saturated rings. The monoisotopic (exact) mass is 228 g/mol. The average Bonchev–Trinajstić information content (AvgIpc) is 2.28. The fourth-order valence-electron chi connectivity index (χ4n) is 1.45. The second-order valence-electron chi connectivity index (χ2n) is 3.69. The van der Waals surface area contributed by atoms with Crippen LogP contribution in [0.5, 0.6) is 0 Å². The molecule has 16 heavy (non-hydrogen) atoms. The normalized spacial score (nSPS) is 14.8. The van der Waals surface area contributed by atoms with Gasteiger partial charge in [0.25, 0.3) is 0 Å². The molecule has 5 N–H and O–H groups in total. The molecule has 0 aromatic heterocycles. The topological polar surface area (TPSA) is 78.5 Å². The lowest BCUT2D eigenvalue weighted by atomic mass is 10.0. The van der Waals surface area contributed by atoms with Crippen LogP contribution in [-0.2, 0) is 0 Å². The van der Waals surface area contributed by atoms with Gasteiger partial charge in [0.2, 0.25) is 0 Å². The summed E-state index contributed by atoms with van der Waals surface area (Å²) >= 11 is 0. The van der Waals surface area contributed by atoms with Gasteiger partial charge in [0.15, 0.2) is 0 Å². The van der Waals surface area contributed by atoms with Crippen LogP contribution in [0.25, 0.3) is 0 Å². The van der Waals surface area contributed by atoms with E-state index in [0.717, 1.165) is 0 Å². The molecule has 1 aromatic carbocycles. The van der Waals surface area contributed by atoms with E-state index < -0.39 is 18.0 Å². The molecule has 90 valence electrons. The molecular weight excluding hydrogens is 211 g/mol. The predicted molar refractivity (Wildman–Crippen MR) is 60.3 cm³/mol. The van der Waals surface area contributed by atoms with Crippen molar-refractivity contribution in [3.05, 3.63) is 29.6 Å². The van der Waals surface area contributed by atoms with Crippen molar-refractivity contribution in [2.75, 3.05) is 19.3 Å². The van der Waals surface area contributed by atoms with Crippen molar-refractivity contribution in [1.82, 2.24) is 5.32 Å². The van der Waals surface area contributed by atoms with Crippen LogP contribution in [0, 0.1) is 5.82 Å². The third kappa shape index (κ3) is 3.16. The Morgan fingerprint density at radius 1 is 1.44 bits per heavy atom. The van der Waals surface area contributed by atoms with E-state index in [0.29, 0.717) is 18.7 Å². The van der Waals surface area contributed by atoms with Gasteiger partial charge in [-0.3, -0.25) is 0 Å². The standard InChI is InChI=1S/C11H17FN2O2/c1-14-5-4-10(15)11(16)8-6-7(13)2-3-9(8)12/h2-3,6,10-11,14-16H,4-5,13H2,1H3. The van der Waals surface area contributed by atoms with Crippen LogP contribution in [0.15, 0.2) is 18.2 Å². The maximum Gasteiger partial charge on any atom is 0.129 e. The molecule has 0 aliphatic rings. The molecule has 0 bridgehead atoms. The minimum absolute atomic E-state index is 0.0311. The smallest absolute Gasteiger partial charge is 0.129 e. The Bertz CT molecular complexity index is 347. The Morgan fingerprint density at radius 3 is 2.75 bits per heavy atom. The molecule has 0 saturated carbocycles. The zero-order chi connectivity index (χ0) is 12.1. The van der Waals surface area contributed by atoms with Gasteiger partial charge in [0.05, 0.1) is 6.10 Å². The van der Waals surface area contributed by atoms with E-state index in [1.54, 1.807) is 7.05 Å². The molecule has 1 aromatic rings. The fraction of sp³-hybridized carbons (Fsp3) is 0.455. The van der Waals surface area contributed by atoms with E-state index in [1.807, 2.05) is 0 Å². The lowest BCUT2D eigenvalue weighted by Crippen LogP contribution is -2.24. The Labute approximate surface area is 93.9 Å². The molecule has 0 saturated heterocycles. The molecular formula is C11H17FN2O2. The van der Waals surface area contributed by atoms with Crippen LogP contribution in [0.1, 0.15) is 18.1 Å². The molecule has 4 nitrogen and oxygen atoms in total. The van der Waals surface area contributed by atoms with Gasteiger partial charge in [0, 0.05) is 11.3 Å². The summed E-state index contributed by atoms with van der Waals surface area (Å²) in [5, 5.41) is 22.2. The molecule has 0 aliphatic heterocycles. The highest BCUT2D eigenvalue weighted by Gasteiger charge is 2.21. The number of nitrogen functional groups attached to an aromatic ring is 1. The maximum absolute atomic E-state index is 13.4. The summed E-state index contributed by atoms with van der Waals surface area (Å²) in [5.74, 6) is -0.565. The summed E-state index contributed by atoms with van der Waals surface area (Å²) in [6.45, 7) is 0.544. The third-order valence-electron chi connectivity index (χ3n) is 2.39. The van der Waals surface area contributed by atoms with Gasteiger partial charge >= 0.3 is 0 Å². The van der Waals surface area contributed by atoms with Crippen LogP contribution in [0.2, 0.25) is 0 Å². The predicted octanol–water partition coefficient (Wildman–Crippen LogP) is 0.412. The van der Waals surface area contributed by atoms with Crippen molar-refractivity contribution in [2.45, 2.75) is 18.6 Å². The molecule has 2 atom stereocenters. The van der Waals surface area contributed by atoms with Gasteiger partial charge in [-0.15, -0.1) is 0 Å². The first-order valence-corrected chi connectivity index (χ1v) is 5.12. The Kier molecular flexibility index (Phi) is 4.67. The minimum Gasteiger partial charge on any atom is -0.399 e. The van der Waals surface area contributed by atoms with E-state index in [1.165, 1.54) is 18.2 Å². The van der Waals surface area contributed by atoms with Gasteiger partial charge in [-0.1, -0.05) is 0 Å². The Hall–Kier alpha value is -1.17. The molecule has 0 heterocycles. The number of halogens is 1. The van der Waals surface area contributed by atoms with E-state index in [9.17, 15) is 14.6 Å². The maximum atomic E-state index is 13.4. The second kappa shape index (κ2) is 5.79. The zero-order valence-electron chi connectivity index (χ0n) is 9.15. The molecule has 5 heteroatoms. The summed E-state index contributed by atoms with van der Waals surface area (Å²) < 4.78 is 13.4. The number of nitrogens with one attached hydrogen (secondary N) is 1. The van der Waals surface area contributed by atoms with Crippen LogP contribution in [0.4, 0.5) is 10.1 Å². The number of anilines is 1. The quantitative estimate of drug-likeness (QED) is 0.550. The number of rotatable bonds is 5. The highest BCUT2D eigenvalue weighted by atomic mass is 19.1. The van der Waals surface area contributed by atoms with Crippen molar-refractivity contribution in [2.24, 2.45) is 0 Å². The average molecular weight is 228 g/mol. The van der Waals surface area contributed by atoms with Crippen molar-refractivity contribution < 1.29 is 14.6 Å². The molecule has 0 radical (unpaired) electrons. The SMILES string of the molecule is CNCCC(O)C(O)c1cc(N)ccc1F. The molecule has 1 rings (SSSR count). The van der Waals surface area contributed by atoms with Gasteiger partial charge in [0.1, 0.15) is 11.9 Å². The van der Waals surface area contributed by atoms with Crippen molar-refractivity contribution in [1.29, 1.82) is 0 Å². The highest BCUT2D eigenvalue weighted by molar-refractivity contribution is 5.42. The Balaban J connectivity index is 2.78. The lowest BCUT2D eigenvalue weighted by molar-refractivity contribution is 0.0120. The molecule has 0 aliphatic carbocycles. The van der Waals surface area contributed by atoms with Crippen molar-refractivity contribution in [3.63, 3.8) is 0 Å². The number of aliphatic hydroxyl groups excluding tert-OH is 2. The van der Waals surface area contributed by atoms with E-state index in [4.69, 9.17) is 5.73 Å². The van der Waals surface area contributed by atoms with Gasteiger partial charge in [-0.2, -0.15) is 0 Å². The fourth-order valence-corrected chi connectivity index (χ4v) is 1.45. The first-order valence-electron chi connectivity index (χ1n) is 5.12. The van der Waals surface area contributed by atoms with Gasteiger partial charge in [-0.05, 0) is 38.2 Å². The lowest BCUT2D eigenvalue weighted by Gasteiger charge is -2.18.